The van der Waals surface area contributed by atoms with Crippen LogP contribution in [-0.4, -0.2) is 36.1 Å². The minimum atomic E-state index is 0.471. The molecule has 2 rings (SSSR count). The summed E-state index contributed by atoms with van der Waals surface area (Å²) in [4.78, 5) is 2.67. The van der Waals surface area contributed by atoms with Gasteiger partial charge in [0, 0.05) is 18.1 Å². The Balaban J connectivity index is 1.74. The Bertz CT molecular complexity index is 183. The molecule has 0 bridgehead atoms. The van der Waals surface area contributed by atoms with Gasteiger partial charge in [0.1, 0.15) is 0 Å². The van der Waals surface area contributed by atoms with Crippen LogP contribution in [0.4, 0.5) is 0 Å². The molecule has 0 aromatic carbocycles. The second kappa shape index (κ2) is 4.19. The van der Waals surface area contributed by atoms with Gasteiger partial charge in [0.15, 0.2) is 0 Å². The molecule has 0 aromatic heterocycles. The van der Waals surface area contributed by atoms with Gasteiger partial charge in [-0.2, -0.15) is 0 Å². The molecule has 2 fully saturated rings. The second-order valence-corrected chi connectivity index (χ2v) is 5.48. The maximum Gasteiger partial charge on any atom is 0.0153 e. The highest BCUT2D eigenvalue weighted by Gasteiger charge is 2.31. The number of nitrogens with one attached hydrogen (secondary N) is 1. The first-order chi connectivity index (χ1) is 6.68. The predicted molar refractivity (Wildman–Crippen MR) is 60.5 cm³/mol. The zero-order chi connectivity index (χ0) is 10.0. The van der Waals surface area contributed by atoms with Crippen LogP contribution in [-0.2, 0) is 0 Å². The van der Waals surface area contributed by atoms with Crippen LogP contribution >= 0.6 is 0 Å². The van der Waals surface area contributed by atoms with Gasteiger partial charge in [-0.25, -0.2) is 0 Å². The third-order valence-corrected chi connectivity index (χ3v) is 3.98. The van der Waals surface area contributed by atoms with Crippen molar-refractivity contribution in [2.75, 3.05) is 19.6 Å². The highest BCUT2D eigenvalue weighted by Crippen LogP contribution is 2.28. The minimum Gasteiger partial charge on any atom is -0.314 e. The van der Waals surface area contributed by atoms with Crippen LogP contribution in [0.25, 0.3) is 0 Å². The summed E-state index contributed by atoms with van der Waals surface area (Å²) in [5, 5.41) is 3.58. The van der Waals surface area contributed by atoms with E-state index in [1.54, 1.807) is 0 Å². The van der Waals surface area contributed by atoms with E-state index < -0.39 is 0 Å². The molecule has 1 atom stereocenters. The van der Waals surface area contributed by atoms with Crippen molar-refractivity contribution >= 4 is 0 Å². The molecule has 2 aliphatic rings. The quantitative estimate of drug-likeness (QED) is 0.743. The number of nitrogens with zero attached hydrogens (tertiary/aromatic N) is 1. The molecule has 2 nitrogen and oxygen atoms in total. The first-order valence-corrected chi connectivity index (χ1v) is 6.17. The first kappa shape index (κ1) is 10.4. The largest absolute Gasteiger partial charge is 0.314 e. The van der Waals surface area contributed by atoms with Crippen molar-refractivity contribution in [2.24, 2.45) is 0 Å². The molecule has 2 heteroatoms. The predicted octanol–water partition coefficient (Wildman–Crippen LogP) is 2.00. The molecule has 1 N–H and O–H groups in total. The van der Waals surface area contributed by atoms with Gasteiger partial charge >= 0.3 is 0 Å². The molecule has 82 valence electrons. The van der Waals surface area contributed by atoms with Crippen molar-refractivity contribution < 1.29 is 0 Å². The topological polar surface area (TPSA) is 15.3 Å². The Morgan fingerprint density at radius 1 is 1.36 bits per heavy atom. The van der Waals surface area contributed by atoms with Crippen LogP contribution in [0.3, 0.4) is 0 Å². The van der Waals surface area contributed by atoms with Crippen LogP contribution in [0.1, 0.15) is 46.0 Å². The van der Waals surface area contributed by atoms with Crippen molar-refractivity contribution in [1.29, 1.82) is 0 Å². The lowest BCUT2D eigenvalue weighted by Crippen LogP contribution is -2.40. The molecular formula is C12H24N2. The Hall–Kier alpha value is -0.0800. The van der Waals surface area contributed by atoms with Gasteiger partial charge in [0.05, 0.1) is 0 Å². The molecule has 0 saturated carbocycles. The van der Waals surface area contributed by atoms with E-state index in [0.717, 1.165) is 6.04 Å². The Morgan fingerprint density at radius 2 is 2.21 bits per heavy atom. The molecule has 2 saturated heterocycles. The molecule has 0 amide bonds. The maximum absolute atomic E-state index is 3.58. The Morgan fingerprint density at radius 3 is 2.79 bits per heavy atom. The van der Waals surface area contributed by atoms with Crippen LogP contribution in [0, 0.1) is 0 Å². The number of hydrogen-bond donors (Lipinski definition) is 1. The molecular weight excluding hydrogens is 172 g/mol. The Kier molecular flexibility index (Phi) is 3.13. The zero-order valence-corrected chi connectivity index (χ0v) is 9.68. The average molecular weight is 196 g/mol. The summed E-state index contributed by atoms with van der Waals surface area (Å²) in [7, 11) is 0. The molecule has 14 heavy (non-hydrogen) atoms. The fourth-order valence-corrected chi connectivity index (χ4v) is 2.89. The summed E-state index contributed by atoms with van der Waals surface area (Å²) in [6.07, 6.45) is 6.90. The number of likely N-dealkylation sites (tertiary alicyclic amines) is 1. The molecule has 0 radical (unpaired) electrons. The SMILES string of the molecule is CC1(C)CCCN1CCC1CCCN1. The van der Waals surface area contributed by atoms with Crippen molar-refractivity contribution in [2.45, 2.75) is 57.5 Å². The molecule has 2 heterocycles. The second-order valence-electron chi connectivity index (χ2n) is 5.48. The van der Waals surface area contributed by atoms with E-state index in [-0.39, 0.29) is 0 Å². The van der Waals surface area contributed by atoms with E-state index in [1.807, 2.05) is 0 Å². The highest BCUT2D eigenvalue weighted by molar-refractivity contribution is 4.88. The lowest BCUT2D eigenvalue weighted by atomic mass is 10.0. The van der Waals surface area contributed by atoms with Crippen LogP contribution in [0.15, 0.2) is 0 Å². The molecule has 2 aliphatic heterocycles. The van der Waals surface area contributed by atoms with Gasteiger partial charge in [0.25, 0.3) is 0 Å². The first-order valence-electron chi connectivity index (χ1n) is 6.17. The van der Waals surface area contributed by atoms with Gasteiger partial charge in [-0.05, 0) is 59.0 Å². The normalized spacial score (nSPS) is 32.6. The van der Waals surface area contributed by atoms with Crippen LogP contribution < -0.4 is 5.32 Å². The smallest absolute Gasteiger partial charge is 0.0153 e. The molecule has 1 unspecified atom stereocenters. The van der Waals surface area contributed by atoms with E-state index in [9.17, 15) is 0 Å². The number of hydrogen-bond acceptors (Lipinski definition) is 2. The number of rotatable bonds is 3. The Labute approximate surface area is 88.1 Å². The van der Waals surface area contributed by atoms with E-state index in [2.05, 4.69) is 24.1 Å². The highest BCUT2D eigenvalue weighted by atomic mass is 15.2. The van der Waals surface area contributed by atoms with E-state index in [1.165, 1.54) is 51.7 Å². The summed E-state index contributed by atoms with van der Waals surface area (Å²) in [5.74, 6) is 0. The molecule has 0 spiro atoms. The van der Waals surface area contributed by atoms with Gasteiger partial charge in [-0.15, -0.1) is 0 Å². The van der Waals surface area contributed by atoms with Gasteiger partial charge in [-0.3, -0.25) is 4.90 Å². The lowest BCUT2D eigenvalue weighted by Gasteiger charge is -2.32. The van der Waals surface area contributed by atoms with Crippen molar-refractivity contribution in [3.8, 4) is 0 Å². The average Bonchev–Trinajstić information content (AvgIpc) is 2.71. The van der Waals surface area contributed by atoms with E-state index in [0.29, 0.717) is 5.54 Å². The van der Waals surface area contributed by atoms with E-state index in [4.69, 9.17) is 0 Å². The zero-order valence-electron chi connectivity index (χ0n) is 9.68. The van der Waals surface area contributed by atoms with Crippen molar-refractivity contribution in [3.05, 3.63) is 0 Å². The van der Waals surface area contributed by atoms with Gasteiger partial charge in [-0.1, -0.05) is 0 Å². The van der Waals surface area contributed by atoms with Crippen molar-refractivity contribution in [3.63, 3.8) is 0 Å². The molecule has 0 aliphatic carbocycles. The summed E-state index contributed by atoms with van der Waals surface area (Å²) in [5.41, 5.74) is 0.471. The fraction of sp³-hybridized carbons (Fsp3) is 1.00. The lowest BCUT2D eigenvalue weighted by molar-refractivity contribution is 0.168. The molecule has 0 aromatic rings. The monoisotopic (exact) mass is 196 g/mol. The van der Waals surface area contributed by atoms with E-state index >= 15 is 0 Å². The maximum atomic E-state index is 3.58. The van der Waals surface area contributed by atoms with Gasteiger partial charge < -0.3 is 5.32 Å². The summed E-state index contributed by atoms with van der Waals surface area (Å²) < 4.78 is 0. The third-order valence-electron chi connectivity index (χ3n) is 3.98. The minimum absolute atomic E-state index is 0.471. The standard InChI is InChI=1S/C12H24N2/c1-12(2)7-4-9-14(12)10-6-11-5-3-8-13-11/h11,13H,3-10H2,1-2H3. The third kappa shape index (κ3) is 2.29. The van der Waals surface area contributed by atoms with Crippen molar-refractivity contribution in [1.82, 2.24) is 10.2 Å². The summed E-state index contributed by atoms with van der Waals surface area (Å²) in [6, 6.07) is 0.811. The van der Waals surface area contributed by atoms with Gasteiger partial charge in [0.2, 0.25) is 0 Å². The van der Waals surface area contributed by atoms with Crippen LogP contribution in [0.5, 0.6) is 0 Å². The summed E-state index contributed by atoms with van der Waals surface area (Å²) in [6.45, 7) is 8.64. The fourth-order valence-electron chi connectivity index (χ4n) is 2.89. The van der Waals surface area contributed by atoms with Crippen LogP contribution in [0.2, 0.25) is 0 Å². The summed E-state index contributed by atoms with van der Waals surface area (Å²) >= 11 is 0.